The van der Waals surface area contributed by atoms with Gasteiger partial charge in [-0.1, -0.05) is 46.8 Å². The highest BCUT2D eigenvalue weighted by atomic mass is 32.2. The first kappa shape index (κ1) is 21.6. The van der Waals surface area contributed by atoms with Crippen molar-refractivity contribution >= 4 is 23.6 Å². The monoisotopic (exact) mass is 392 g/mol. The molecule has 0 aromatic heterocycles. The minimum absolute atomic E-state index is 0.0321. The molecule has 2 amide bonds. The number of carbonyl (C=O) groups is 2. The molecule has 1 aliphatic heterocycles. The predicted molar refractivity (Wildman–Crippen MR) is 111 cm³/mol. The summed E-state index contributed by atoms with van der Waals surface area (Å²) in [6.07, 6.45) is 0.753. The van der Waals surface area contributed by atoms with E-state index in [-0.39, 0.29) is 17.9 Å². The number of benzene rings is 1. The minimum Gasteiger partial charge on any atom is -0.493 e. The molecule has 150 valence electrons. The van der Waals surface area contributed by atoms with E-state index in [1.807, 2.05) is 45.0 Å². The largest absolute Gasteiger partial charge is 0.493 e. The topological polar surface area (TPSA) is 58.6 Å². The molecule has 1 aromatic rings. The zero-order chi connectivity index (χ0) is 20.0. The number of rotatable bonds is 7. The average molecular weight is 393 g/mol. The summed E-state index contributed by atoms with van der Waals surface area (Å²) in [7, 11) is 0. The molecule has 5 nitrogen and oxygen atoms in total. The lowest BCUT2D eigenvalue weighted by Crippen LogP contribution is -2.50. The van der Waals surface area contributed by atoms with Crippen LogP contribution in [0.4, 0.5) is 0 Å². The Morgan fingerprint density at radius 1 is 1.26 bits per heavy atom. The molecule has 1 aromatic carbocycles. The second-order valence-corrected chi connectivity index (χ2v) is 9.43. The molecular formula is C21H32N2O3S. The summed E-state index contributed by atoms with van der Waals surface area (Å²) in [6.45, 7) is 11.2. The van der Waals surface area contributed by atoms with Gasteiger partial charge < -0.3 is 15.0 Å². The molecule has 1 saturated heterocycles. The highest BCUT2D eigenvalue weighted by Crippen LogP contribution is 2.27. The van der Waals surface area contributed by atoms with E-state index < -0.39 is 5.41 Å². The zero-order valence-corrected chi connectivity index (χ0v) is 17.9. The van der Waals surface area contributed by atoms with Crippen LogP contribution in [0.15, 0.2) is 24.3 Å². The maximum Gasteiger partial charge on any atom is 0.243 e. The summed E-state index contributed by atoms with van der Waals surface area (Å²) in [5.74, 6) is 2.59. The standard InChI is InChI=1S/C21H32N2O3S/c1-15(2)12-26-17-8-6-16(7-9-17)10-11-22-19(24)18-13-27-14-23(18)20(25)21(3,4)5/h6-9,15,18H,10-14H2,1-5H3,(H,22,24). The summed E-state index contributed by atoms with van der Waals surface area (Å²) in [4.78, 5) is 26.8. The van der Waals surface area contributed by atoms with Crippen LogP contribution >= 0.6 is 11.8 Å². The first-order valence-electron chi connectivity index (χ1n) is 9.56. The molecule has 1 aliphatic rings. The number of carbonyl (C=O) groups excluding carboxylic acids is 2. The van der Waals surface area contributed by atoms with Crippen molar-refractivity contribution in [1.29, 1.82) is 0 Å². The molecular weight excluding hydrogens is 360 g/mol. The van der Waals surface area contributed by atoms with Gasteiger partial charge in [0.2, 0.25) is 11.8 Å². The summed E-state index contributed by atoms with van der Waals surface area (Å²) in [5.41, 5.74) is 0.679. The van der Waals surface area contributed by atoms with Gasteiger partial charge in [0.1, 0.15) is 11.8 Å². The molecule has 1 N–H and O–H groups in total. The number of amides is 2. The van der Waals surface area contributed by atoms with E-state index in [2.05, 4.69) is 19.2 Å². The molecule has 1 fully saturated rings. The summed E-state index contributed by atoms with van der Waals surface area (Å²) in [6, 6.07) is 7.63. The lowest BCUT2D eigenvalue weighted by atomic mass is 9.94. The van der Waals surface area contributed by atoms with Gasteiger partial charge in [-0.3, -0.25) is 9.59 Å². The van der Waals surface area contributed by atoms with Crippen LogP contribution in [-0.4, -0.2) is 47.5 Å². The Morgan fingerprint density at radius 2 is 1.93 bits per heavy atom. The number of nitrogens with one attached hydrogen (secondary N) is 1. The molecule has 1 atom stereocenters. The average Bonchev–Trinajstić information content (AvgIpc) is 3.09. The fourth-order valence-corrected chi connectivity index (χ4v) is 3.91. The molecule has 6 heteroatoms. The summed E-state index contributed by atoms with van der Waals surface area (Å²) >= 11 is 1.63. The Bertz CT molecular complexity index is 638. The third-order valence-corrected chi connectivity index (χ3v) is 5.32. The van der Waals surface area contributed by atoms with Crippen LogP contribution < -0.4 is 10.1 Å². The van der Waals surface area contributed by atoms with Gasteiger partial charge in [0.05, 0.1) is 12.5 Å². The lowest BCUT2D eigenvalue weighted by molar-refractivity contribution is -0.144. The molecule has 2 rings (SSSR count). The van der Waals surface area contributed by atoms with Crippen molar-refractivity contribution in [2.75, 3.05) is 24.8 Å². The first-order valence-corrected chi connectivity index (χ1v) is 10.7. The third kappa shape index (κ3) is 6.45. The van der Waals surface area contributed by atoms with Gasteiger partial charge in [-0.05, 0) is 30.0 Å². The maximum atomic E-state index is 12.5. The van der Waals surface area contributed by atoms with Crippen molar-refractivity contribution in [3.63, 3.8) is 0 Å². The highest BCUT2D eigenvalue weighted by Gasteiger charge is 2.38. The van der Waals surface area contributed by atoms with Crippen LogP contribution in [0.1, 0.15) is 40.2 Å². The highest BCUT2D eigenvalue weighted by molar-refractivity contribution is 7.99. The number of nitrogens with zero attached hydrogens (tertiary/aromatic N) is 1. The lowest BCUT2D eigenvalue weighted by Gasteiger charge is -2.29. The Balaban J connectivity index is 1.81. The zero-order valence-electron chi connectivity index (χ0n) is 17.1. The number of hydrogen-bond acceptors (Lipinski definition) is 4. The summed E-state index contributed by atoms with van der Waals surface area (Å²) in [5, 5.41) is 2.99. The van der Waals surface area contributed by atoms with Crippen LogP contribution in [0.3, 0.4) is 0 Å². The Hall–Kier alpha value is -1.69. The van der Waals surface area contributed by atoms with Gasteiger partial charge in [0.15, 0.2) is 0 Å². The van der Waals surface area contributed by atoms with Crippen LogP contribution in [-0.2, 0) is 16.0 Å². The molecule has 0 bridgehead atoms. The Morgan fingerprint density at radius 3 is 2.52 bits per heavy atom. The Kier molecular flexibility index (Phi) is 7.59. The third-order valence-electron chi connectivity index (χ3n) is 4.31. The van der Waals surface area contributed by atoms with Crippen molar-refractivity contribution in [2.45, 2.75) is 47.1 Å². The number of thioether (sulfide) groups is 1. The van der Waals surface area contributed by atoms with E-state index >= 15 is 0 Å². The van der Waals surface area contributed by atoms with E-state index in [0.29, 0.717) is 30.7 Å². The van der Waals surface area contributed by atoms with Crippen molar-refractivity contribution < 1.29 is 14.3 Å². The fraction of sp³-hybridized carbons (Fsp3) is 0.619. The molecule has 0 saturated carbocycles. The van der Waals surface area contributed by atoms with Gasteiger partial charge >= 0.3 is 0 Å². The molecule has 0 spiro atoms. The minimum atomic E-state index is -0.469. The van der Waals surface area contributed by atoms with Gasteiger partial charge in [-0.2, -0.15) is 0 Å². The number of ether oxygens (including phenoxy) is 1. The molecule has 0 radical (unpaired) electrons. The Labute approximate surface area is 167 Å². The normalized spacial score (nSPS) is 17.3. The van der Waals surface area contributed by atoms with E-state index in [1.165, 1.54) is 0 Å². The first-order chi connectivity index (χ1) is 12.7. The quantitative estimate of drug-likeness (QED) is 0.773. The van der Waals surface area contributed by atoms with Crippen molar-refractivity contribution in [2.24, 2.45) is 11.3 Å². The van der Waals surface area contributed by atoms with Gasteiger partial charge in [0, 0.05) is 17.7 Å². The van der Waals surface area contributed by atoms with Crippen molar-refractivity contribution in [1.82, 2.24) is 10.2 Å². The summed E-state index contributed by atoms with van der Waals surface area (Å²) < 4.78 is 5.68. The van der Waals surface area contributed by atoms with Gasteiger partial charge in [-0.15, -0.1) is 11.8 Å². The van der Waals surface area contributed by atoms with Crippen molar-refractivity contribution in [3.8, 4) is 5.75 Å². The SMILES string of the molecule is CC(C)COc1ccc(CCNC(=O)C2CSCN2C(=O)C(C)(C)C)cc1. The van der Waals surface area contributed by atoms with Crippen LogP contribution in [0.5, 0.6) is 5.75 Å². The second kappa shape index (κ2) is 9.49. The second-order valence-electron chi connectivity index (χ2n) is 8.43. The molecule has 0 aliphatic carbocycles. The van der Waals surface area contributed by atoms with E-state index in [4.69, 9.17) is 4.74 Å². The van der Waals surface area contributed by atoms with E-state index in [9.17, 15) is 9.59 Å². The van der Waals surface area contributed by atoms with Crippen LogP contribution in [0.2, 0.25) is 0 Å². The number of hydrogen-bond donors (Lipinski definition) is 1. The van der Waals surface area contributed by atoms with Crippen LogP contribution in [0.25, 0.3) is 0 Å². The van der Waals surface area contributed by atoms with Crippen molar-refractivity contribution in [3.05, 3.63) is 29.8 Å². The molecule has 1 heterocycles. The molecule has 1 unspecified atom stereocenters. The fourth-order valence-electron chi connectivity index (χ4n) is 2.75. The predicted octanol–water partition coefficient (Wildman–Crippen LogP) is 3.33. The van der Waals surface area contributed by atoms with Crippen LogP contribution in [0, 0.1) is 11.3 Å². The van der Waals surface area contributed by atoms with E-state index in [1.54, 1.807) is 16.7 Å². The van der Waals surface area contributed by atoms with Gasteiger partial charge in [0.25, 0.3) is 0 Å². The maximum absolute atomic E-state index is 12.5. The van der Waals surface area contributed by atoms with E-state index in [0.717, 1.165) is 17.7 Å². The van der Waals surface area contributed by atoms with Gasteiger partial charge in [-0.25, -0.2) is 0 Å². The molecule has 27 heavy (non-hydrogen) atoms. The smallest absolute Gasteiger partial charge is 0.243 e.